The molecular formula is C17H23NO. The van der Waals surface area contributed by atoms with E-state index in [9.17, 15) is 4.79 Å². The van der Waals surface area contributed by atoms with Crippen molar-refractivity contribution in [2.24, 2.45) is 11.8 Å². The van der Waals surface area contributed by atoms with Crippen LogP contribution >= 0.6 is 0 Å². The smallest absolute Gasteiger partial charge is 0.225 e. The van der Waals surface area contributed by atoms with Gasteiger partial charge < -0.3 is 4.90 Å². The molecule has 1 heterocycles. The summed E-state index contributed by atoms with van der Waals surface area (Å²) in [6.45, 7) is 1.96. The van der Waals surface area contributed by atoms with Crippen molar-refractivity contribution in [3.8, 4) is 0 Å². The highest BCUT2D eigenvalue weighted by molar-refractivity contribution is 5.79. The molecule has 1 aliphatic heterocycles. The Morgan fingerprint density at radius 2 is 1.74 bits per heavy atom. The summed E-state index contributed by atoms with van der Waals surface area (Å²) in [7, 11) is 0. The van der Waals surface area contributed by atoms with E-state index < -0.39 is 0 Å². The molecule has 0 aromatic heterocycles. The van der Waals surface area contributed by atoms with Gasteiger partial charge in [0, 0.05) is 19.0 Å². The first kappa shape index (κ1) is 12.7. The van der Waals surface area contributed by atoms with E-state index in [2.05, 4.69) is 35.2 Å². The van der Waals surface area contributed by atoms with Crippen LogP contribution in [0.1, 0.15) is 37.7 Å². The molecule has 1 aromatic carbocycles. The molecule has 2 nitrogen and oxygen atoms in total. The van der Waals surface area contributed by atoms with Crippen LogP contribution in [-0.4, -0.2) is 23.9 Å². The summed E-state index contributed by atoms with van der Waals surface area (Å²) in [5, 5.41) is 0. The highest BCUT2D eigenvalue weighted by atomic mass is 16.2. The number of carbonyl (C=O) groups is 1. The fourth-order valence-electron chi connectivity index (χ4n) is 3.22. The monoisotopic (exact) mass is 257 g/mol. The van der Waals surface area contributed by atoms with E-state index in [1.165, 1.54) is 31.2 Å². The second-order valence-electron chi connectivity index (χ2n) is 6.09. The van der Waals surface area contributed by atoms with Gasteiger partial charge in [-0.15, -0.1) is 0 Å². The minimum Gasteiger partial charge on any atom is -0.342 e. The van der Waals surface area contributed by atoms with Gasteiger partial charge in [0.25, 0.3) is 0 Å². The normalized spacial score (nSPS) is 21.2. The standard InChI is InChI=1S/C17H23NO/c19-17(16-7-4-8-16)18-11-9-15(10-12-18)13-14-5-2-1-3-6-14/h1-3,5-6,15-16H,4,7-13H2. The summed E-state index contributed by atoms with van der Waals surface area (Å²) in [6, 6.07) is 10.7. The average molecular weight is 257 g/mol. The molecule has 1 aromatic rings. The molecule has 1 saturated carbocycles. The second-order valence-corrected chi connectivity index (χ2v) is 6.09. The van der Waals surface area contributed by atoms with Crippen LogP contribution in [-0.2, 0) is 11.2 Å². The van der Waals surface area contributed by atoms with E-state index in [-0.39, 0.29) is 0 Å². The number of piperidine rings is 1. The van der Waals surface area contributed by atoms with E-state index in [0.717, 1.165) is 31.8 Å². The molecule has 0 unspecified atom stereocenters. The molecule has 1 amide bonds. The van der Waals surface area contributed by atoms with Crippen molar-refractivity contribution < 1.29 is 4.79 Å². The first-order chi connectivity index (χ1) is 9.33. The summed E-state index contributed by atoms with van der Waals surface area (Å²) in [5.41, 5.74) is 1.44. The Bertz CT molecular complexity index is 416. The number of nitrogens with zero attached hydrogens (tertiary/aromatic N) is 1. The minimum atomic E-state index is 0.366. The molecule has 1 aliphatic carbocycles. The maximum absolute atomic E-state index is 12.2. The molecule has 0 radical (unpaired) electrons. The zero-order chi connectivity index (χ0) is 13.1. The largest absolute Gasteiger partial charge is 0.342 e. The Kier molecular flexibility index (Phi) is 3.86. The quantitative estimate of drug-likeness (QED) is 0.814. The first-order valence-electron chi connectivity index (χ1n) is 7.65. The minimum absolute atomic E-state index is 0.366. The zero-order valence-corrected chi connectivity index (χ0v) is 11.6. The number of likely N-dealkylation sites (tertiary alicyclic amines) is 1. The van der Waals surface area contributed by atoms with Crippen LogP contribution in [0.3, 0.4) is 0 Å². The first-order valence-corrected chi connectivity index (χ1v) is 7.65. The van der Waals surface area contributed by atoms with Crippen molar-refractivity contribution in [3.05, 3.63) is 35.9 Å². The maximum Gasteiger partial charge on any atom is 0.225 e. The maximum atomic E-state index is 12.2. The molecule has 0 N–H and O–H groups in total. The second kappa shape index (κ2) is 5.77. The van der Waals surface area contributed by atoms with E-state index >= 15 is 0 Å². The van der Waals surface area contributed by atoms with Crippen LogP contribution in [0.4, 0.5) is 0 Å². The van der Waals surface area contributed by atoms with E-state index in [1.54, 1.807) is 0 Å². The average Bonchev–Trinajstić information content (AvgIpc) is 2.39. The summed E-state index contributed by atoms with van der Waals surface area (Å²) < 4.78 is 0. The molecule has 102 valence electrons. The SMILES string of the molecule is O=C(C1CCC1)N1CCC(Cc2ccccc2)CC1. The van der Waals surface area contributed by atoms with Gasteiger partial charge in [-0.3, -0.25) is 4.79 Å². The number of carbonyl (C=O) groups excluding carboxylic acids is 1. The molecular weight excluding hydrogens is 234 g/mol. The predicted octanol–water partition coefficient (Wildman–Crippen LogP) is 3.27. The molecule has 0 spiro atoms. The molecule has 19 heavy (non-hydrogen) atoms. The third-order valence-corrected chi connectivity index (χ3v) is 4.75. The van der Waals surface area contributed by atoms with Crippen LogP contribution in [0.15, 0.2) is 30.3 Å². The Morgan fingerprint density at radius 3 is 2.32 bits per heavy atom. The van der Waals surface area contributed by atoms with Gasteiger partial charge in [0.2, 0.25) is 5.91 Å². The molecule has 2 aliphatic rings. The van der Waals surface area contributed by atoms with E-state index in [4.69, 9.17) is 0 Å². The van der Waals surface area contributed by atoms with Crippen LogP contribution in [0, 0.1) is 11.8 Å². The van der Waals surface area contributed by atoms with Gasteiger partial charge in [0.1, 0.15) is 0 Å². The number of amides is 1. The van der Waals surface area contributed by atoms with Gasteiger partial charge in [-0.2, -0.15) is 0 Å². The number of hydrogen-bond acceptors (Lipinski definition) is 1. The number of hydrogen-bond donors (Lipinski definition) is 0. The van der Waals surface area contributed by atoms with Gasteiger partial charge in [-0.1, -0.05) is 36.8 Å². The van der Waals surface area contributed by atoms with Crippen LogP contribution in [0.25, 0.3) is 0 Å². The van der Waals surface area contributed by atoms with Crippen molar-refractivity contribution >= 4 is 5.91 Å². The number of benzene rings is 1. The van der Waals surface area contributed by atoms with Gasteiger partial charge in [0.15, 0.2) is 0 Å². The molecule has 2 heteroatoms. The lowest BCUT2D eigenvalue weighted by molar-refractivity contribution is -0.139. The lowest BCUT2D eigenvalue weighted by Gasteiger charge is -2.36. The third-order valence-electron chi connectivity index (χ3n) is 4.75. The van der Waals surface area contributed by atoms with Crippen LogP contribution < -0.4 is 0 Å². The van der Waals surface area contributed by atoms with E-state index in [1.807, 2.05) is 0 Å². The van der Waals surface area contributed by atoms with Gasteiger partial charge in [0.05, 0.1) is 0 Å². The molecule has 0 bridgehead atoms. The Hall–Kier alpha value is -1.31. The summed E-state index contributed by atoms with van der Waals surface area (Å²) in [4.78, 5) is 14.3. The third kappa shape index (κ3) is 2.99. The van der Waals surface area contributed by atoms with Gasteiger partial charge >= 0.3 is 0 Å². The lowest BCUT2D eigenvalue weighted by atomic mass is 9.83. The molecule has 3 rings (SSSR count). The summed E-state index contributed by atoms with van der Waals surface area (Å²) in [6.07, 6.45) is 7.03. The molecule has 2 fully saturated rings. The van der Waals surface area contributed by atoms with Crippen LogP contribution in [0.5, 0.6) is 0 Å². The summed E-state index contributed by atoms with van der Waals surface area (Å²) in [5.74, 6) is 1.56. The van der Waals surface area contributed by atoms with Crippen LogP contribution in [0.2, 0.25) is 0 Å². The Labute approximate surface area is 115 Å². The Morgan fingerprint density at radius 1 is 1.05 bits per heavy atom. The molecule has 0 atom stereocenters. The van der Waals surface area contributed by atoms with Crippen molar-refractivity contribution in [1.29, 1.82) is 0 Å². The lowest BCUT2D eigenvalue weighted by Crippen LogP contribution is -2.43. The highest BCUT2D eigenvalue weighted by Crippen LogP contribution is 2.30. The Balaban J connectivity index is 1.48. The van der Waals surface area contributed by atoms with Crippen molar-refractivity contribution in [2.75, 3.05) is 13.1 Å². The van der Waals surface area contributed by atoms with E-state index in [0.29, 0.717) is 11.8 Å². The topological polar surface area (TPSA) is 20.3 Å². The highest BCUT2D eigenvalue weighted by Gasteiger charge is 2.31. The molecule has 1 saturated heterocycles. The summed E-state index contributed by atoms with van der Waals surface area (Å²) >= 11 is 0. The van der Waals surface area contributed by atoms with Gasteiger partial charge in [-0.05, 0) is 43.6 Å². The van der Waals surface area contributed by atoms with Crippen molar-refractivity contribution in [3.63, 3.8) is 0 Å². The van der Waals surface area contributed by atoms with Gasteiger partial charge in [-0.25, -0.2) is 0 Å². The zero-order valence-electron chi connectivity index (χ0n) is 11.6. The van der Waals surface area contributed by atoms with Crippen molar-refractivity contribution in [1.82, 2.24) is 4.90 Å². The predicted molar refractivity (Wildman–Crippen MR) is 76.8 cm³/mol. The fraction of sp³-hybridized carbons (Fsp3) is 0.588. The fourth-order valence-corrected chi connectivity index (χ4v) is 3.22. The number of rotatable bonds is 3. The van der Waals surface area contributed by atoms with Crippen molar-refractivity contribution in [2.45, 2.75) is 38.5 Å².